The first-order valence-electron chi connectivity index (χ1n) is 6.00. The van der Waals surface area contributed by atoms with Crippen molar-refractivity contribution in [3.63, 3.8) is 0 Å². The highest BCUT2D eigenvalue weighted by molar-refractivity contribution is 7.99. The van der Waals surface area contributed by atoms with E-state index >= 15 is 0 Å². The van der Waals surface area contributed by atoms with Crippen molar-refractivity contribution < 1.29 is 9.84 Å². The number of aliphatic hydroxyl groups excluding tert-OH is 1. The Hall–Kier alpha value is -0.170. The lowest BCUT2D eigenvalue weighted by atomic mass is 10.1. The zero-order valence-corrected chi connectivity index (χ0v) is 11.4. The number of hydrogen-bond donors (Lipinski definition) is 1. The topological polar surface area (TPSA) is 62.1 Å². The van der Waals surface area contributed by atoms with E-state index in [1.54, 1.807) is 11.8 Å². The van der Waals surface area contributed by atoms with Gasteiger partial charge in [-0.3, -0.25) is 0 Å². The molecular formula is C11H22N2O3S. The minimum absolute atomic E-state index is 0.00709. The summed E-state index contributed by atoms with van der Waals surface area (Å²) in [4.78, 5) is 12.3. The van der Waals surface area contributed by atoms with Crippen LogP contribution in [0.1, 0.15) is 19.3 Å². The van der Waals surface area contributed by atoms with Crippen molar-refractivity contribution in [2.75, 3.05) is 32.9 Å². The quantitative estimate of drug-likeness (QED) is 0.553. The first-order chi connectivity index (χ1) is 8.11. The second-order valence-corrected chi connectivity index (χ2v) is 5.92. The molecule has 0 aromatic rings. The number of nitrogens with zero attached hydrogens (tertiary/aromatic N) is 2. The van der Waals surface area contributed by atoms with Crippen molar-refractivity contribution in [1.82, 2.24) is 4.90 Å². The SMILES string of the molecule is CN(C)CCCSC1CC(O)CC(CN=O)O1. The van der Waals surface area contributed by atoms with Crippen LogP contribution < -0.4 is 0 Å². The van der Waals surface area contributed by atoms with E-state index in [2.05, 4.69) is 24.2 Å². The van der Waals surface area contributed by atoms with Gasteiger partial charge in [-0.15, -0.1) is 11.8 Å². The number of nitroso groups, excluding NO2 is 1. The van der Waals surface area contributed by atoms with Crippen molar-refractivity contribution in [2.45, 2.75) is 36.9 Å². The number of rotatable bonds is 7. The average molecular weight is 262 g/mol. The van der Waals surface area contributed by atoms with Crippen LogP contribution >= 0.6 is 11.8 Å². The molecule has 1 saturated heterocycles. The Labute approximate surface area is 107 Å². The van der Waals surface area contributed by atoms with Gasteiger partial charge in [0.15, 0.2) is 0 Å². The van der Waals surface area contributed by atoms with Crippen LogP contribution in [-0.4, -0.2) is 60.6 Å². The number of ether oxygens (including phenoxy) is 1. The Morgan fingerprint density at radius 1 is 1.47 bits per heavy atom. The van der Waals surface area contributed by atoms with Gasteiger partial charge in [0.05, 0.1) is 12.2 Å². The summed E-state index contributed by atoms with van der Waals surface area (Å²) in [5, 5.41) is 12.5. The summed E-state index contributed by atoms with van der Waals surface area (Å²) in [6, 6.07) is 0. The van der Waals surface area contributed by atoms with Crippen LogP contribution in [0.4, 0.5) is 0 Å². The summed E-state index contributed by atoms with van der Waals surface area (Å²) >= 11 is 1.72. The van der Waals surface area contributed by atoms with Crippen LogP contribution in [0.25, 0.3) is 0 Å². The molecule has 0 aromatic carbocycles. The molecule has 1 N–H and O–H groups in total. The van der Waals surface area contributed by atoms with Gasteiger partial charge in [-0.25, -0.2) is 0 Å². The van der Waals surface area contributed by atoms with Gasteiger partial charge in [-0.1, -0.05) is 5.18 Å². The number of hydrogen-bond acceptors (Lipinski definition) is 6. The second kappa shape index (κ2) is 8.02. The van der Waals surface area contributed by atoms with Gasteiger partial charge >= 0.3 is 0 Å². The van der Waals surface area contributed by atoms with E-state index in [9.17, 15) is 10.0 Å². The fourth-order valence-electron chi connectivity index (χ4n) is 1.85. The van der Waals surface area contributed by atoms with Gasteiger partial charge < -0.3 is 14.7 Å². The lowest BCUT2D eigenvalue weighted by Crippen LogP contribution is -2.35. The fraction of sp³-hybridized carbons (Fsp3) is 1.00. The van der Waals surface area contributed by atoms with Crippen LogP contribution in [0.15, 0.2) is 5.18 Å². The lowest BCUT2D eigenvalue weighted by molar-refractivity contribution is -0.0539. The van der Waals surface area contributed by atoms with E-state index in [1.165, 1.54) is 0 Å². The molecule has 0 aliphatic carbocycles. The Kier molecular flexibility index (Phi) is 7.03. The van der Waals surface area contributed by atoms with Gasteiger partial charge in [0.2, 0.25) is 0 Å². The molecule has 3 atom stereocenters. The Morgan fingerprint density at radius 2 is 2.24 bits per heavy atom. The molecule has 0 aromatic heterocycles. The van der Waals surface area contributed by atoms with Crippen LogP contribution in [0.2, 0.25) is 0 Å². The molecule has 1 rings (SSSR count). The summed E-state index contributed by atoms with van der Waals surface area (Å²) in [6.45, 7) is 1.20. The number of aliphatic hydroxyl groups is 1. The molecule has 1 aliphatic heterocycles. The molecule has 17 heavy (non-hydrogen) atoms. The van der Waals surface area contributed by atoms with Crippen LogP contribution in [0, 0.1) is 4.91 Å². The maximum atomic E-state index is 10.2. The van der Waals surface area contributed by atoms with E-state index in [4.69, 9.17) is 4.74 Å². The molecule has 0 amide bonds. The van der Waals surface area contributed by atoms with Crippen molar-refractivity contribution in [1.29, 1.82) is 0 Å². The predicted molar refractivity (Wildman–Crippen MR) is 70.2 cm³/mol. The smallest absolute Gasteiger partial charge is 0.107 e. The van der Waals surface area contributed by atoms with E-state index in [1.807, 2.05) is 0 Å². The highest BCUT2D eigenvalue weighted by Gasteiger charge is 2.28. The summed E-state index contributed by atoms with van der Waals surface area (Å²) in [5.41, 5.74) is 0.00709. The van der Waals surface area contributed by atoms with E-state index in [-0.39, 0.29) is 24.2 Å². The Morgan fingerprint density at radius 3 is 2.88 bits per heavy atom. The normalized spacial score (nSPS) is 29.5. The molecule has 6 heteroatoms. The van der Waals surface area contributed by atoms with Crippen LogP contribution in [0.3, 0.4) is 0 Å². The van der Waals surface area contributed by atoms with Gasteiger partial charge in [0.1, 0.15) is 12.0 Å². The second-order valence-electron chi connectivity index (χ2n) is 4.65. The Balaban J connectivity index is 2.20. The minimum Gasteiger partial charge on any atom is -0.393 e. The molecule has 5 nitrogen and oxygen atoms in total. The maximum Gasteiger partial charge on any atom is 0.107 e. The fourth-order valence-corrected chi connectivity index (χ4v) is 3.00. The molecule has 3 unspecified atom stereocenters. The summed E-state index contributed by atoms with van der Waals surface area (Å²) < 4.78 is 5.70. The molecule has 1 fully saturated rings. The highest BCUT2D eigenvalue weighted by atomic mass is 32.2. The summed E-state index contributed by atoms with van der Waals surface area (Å²) in [6.07, 6.45) is 1.72. The molecular weight excluding hydrogens is 240 g/mol. The van der Waals surface area contributed by atoms with E-state index in [0.29, 0.717) is 12.8 Å². The van der Waals surface area contributed by atoms with Crippen molar-refractivity contribution in [3.8, 4) is 0 Å². The molecule has 0 spiro atoms. The summed E-state index contributed by atoms with van der Waals surface area (Å²) in [5.74, 6) is 1.01. The first kappa shape index (κ1) is 14.9. The molecule has 1 heterocycles. The molecule has 100 valence electrons. The third-order valence-corrected chi connectivity index (χ3v) is 3.88. The molecule has 1 aliphatic rings. The van der Waals surface area contributed by atoms with Gasteiger partial charge in [0.25, 0.3) is 0 Å². The minimum atomic E-state index is -0.359. The highest BCUT2D eigenvalue weighted by Crippen LogP contribution is 2.28. The van der Waals surface area contributed by atoms with Crippen molar-refractivity contribution in [3.05, 3.63) is 4.91 Å². The molecule has 0 saturated carbocycles. The zero-order chi connectivity index (χ0) is 12.7. The van der Waals surface area contributed by atoms with Gasteiger partial charge in [-0.2, -0.15) is 4.91 Å². The lowest BCUT2D eigenvalue weighted by Gasteiger charge is -2.31. The zero-order valence-electron chi connectivity index (χ0n) is 10.5. The Bertz CT molecular complexity index is 229. The first-order valence-corrected chi connectivity index (χ1v) is 7.05. The average Bonchev–Trinajstić information content (AvgIpc) is 2.24. The van der Waals surface area contributed by atoms with Crippen LogP contribution in [-0.2, 0) is 4.74 Å². The molecule has 0 radical (unpaired) electrons. The van der Waals surface area contributed by atoms with Crippen LogP contribution in [0.5, 0.6) is 0 Å². The third-order valence-electron chi connectivity index (χ3n) is 2.68. The van der Waals surface area contributed by atoms with E-state index in [0.717, 1.165) is 18.7 Å². The van der Waals surface area contributed by atoms with Gasteiger partial charge in [0, 0.05) is 12.8 Å². The van der Waals surface area contributed by atoms with Crippen molar-refractivity contribution >= 4 is 11.8 Å². The van der Waals surface area contributed by atoms with Crippen molar-refractivity contribution in [2.24, 2.45) is 5.18 Å². The monoisotopic (exact) mass is 262 g/mol. The summed E-state index contributed by atoms with van der Waals surface area (Å²) in [7, 11) is 4.11. The maximum absolute atomic E-state index is 10.2. The molecule has 0 bridgehead atoms. The number of thioether (sulfide) groups is 1. The largest absolute Gasteiger partial charge is 0.393 e. The van der Waals surface area contributed by atoms with E-state index < -0.39 is 0 Å². The third kappa shape index (κ3) is 6.35. The predicted octanol–water partition coefficient (Wildman–Crippen LogP) is 1.30. The van der Waals surface area contributed by atoms with Gasteiger partial charge in [-0.05, 0) is 32.8 Å². The standard InChI is InChI=1S/C11H22N2O3S/c1-13(2)4-3-5-17-11-7-9(14)6-10(16-11)8-12-15/h9-11,14H,3-8H2,1-2H3.